The Balaban J connectivity index is 1.77. The minimum atomic E-state index is -0.323. The molecule has 0 aromatic heterocycles. The zero-order chi connectivity index (χ0) is 25.5. The molecule has 35 heavy (non-hydrogen) atoms. The molecule has 186 valence electrons. The molecule has 1 aliphatic heterocycles. The first-order chi connectivity index (χ1) is 16.8. The van der Waals surface area contributed by atoms with Crippen molar-refractivity contribution in [2.45, 2.75) is 40.0 Å². The predicted molar refractivity (Wildman–Crippen MR) is 142 cm³/mol. The van der Waals surface area contributed by atoms with Crippen LogP contribution in [0.4, 0.5) is 4.79 Å². The summed E-state index contributed by atoms with van der Waals surface area (Å²) in [5.41, 5.74) is 3.85. The Bertz CT molecular complexity index is 1140. The number of benzene rings is 2. The van der Waals surface area contributed by atoms with Crippen molar-refractivity contribution in [3.05, 3.63) is 70.1 Å². The summed E-state index contributed by atoms with van der Waals surface area (Å²) in [6, 6.07) is 9.84. The summed E-state index contributed by atoms with van der Waals surface area (Å²) in [6.45, 7) is 12.8. The molecular weight excluding hydrogens is 462 g/mol. The van der Waals surface area contributed by atoms with Crippen molar-refractivity contribution in [3.63, 3.8) is 0 Å². The first-order valence-corrected chi connectivity index (χ1v) is 12.5. The Hall–Kier alpha value is -3.19. The highest BCUT2D eigenvalue weighted by Crippen LogP contribution is 2.37. The fourth-order valence-electron chi connectivity index (χ4n) is 3.90. The lowest BCUT2D eigenvalue weighted by molar-refractivity contribution is -0.123. The van der Waals surface area contributed by atoms with Crippen LogP contribution in [0.25, 0.3) is 6.08 Å². The number of carbonyl (C=O) groups is 2. The fourth-order valence-corrected chi connectivity index (χ4v) is 4.77. The van der Waals surface area contributed by atoms with Crippen molar-refractivity contribution >= 4 is 29.0 Å². The minimum absolute atomic E-state index is 0.183. The average molecular weight is 496 g/mol. The van der Waals surface area contributed by atoms with Gasteiger partial charge in [-0.25, -0.2) is 0 Å². The summed E-state index contributed by atoms with van der Waals surface area (Å²) in [5.74, 6) is 2.01. The van der Waals surface area contributed by atoms with Gasteiger partial charge in [-0.1, -0.05) is 32.1 Å². The second kappa shape index (κ2) is 12.0. The third kappa shape index (κ3) is 6.28. The molecule has 0 N–H and O–H groups in total. The van der Waals surface area contributed by atoms with Crippen LogP contribution in [0, 0.1) is 6.92 Å². The molecule has 1 heterocycles. The number of carbonyl (C=O) groups excluding carboxylic acids is 2. The maximum absolute atomic E-state index is 13.0. The fraction of sp³-hybridized carbons (Fsp3) is 0.357. The highest BCUT2D eigenvalue weighted by molar-refractivity contribution is 8.18. The monoisotopic (exact) mass is 495 g/mol. The van der Waals surface area contributed by atoms with Crippen molar-refractivity contribution in [2.24, 2.45) is 0 Å². The van der Waals surface area contributed by atoms with Crippen LogP contribution in [0.2, 0.25) is 0 Å². The summed E-state index contributed by atoms with van der Waals surface area (Å²) >= 11 is 0.933. The molecule has 0 unspecified atom stereocenters. The molecule has 2 aromatic rings. The molecule has 2 aromatic carbocycles. The topological polar surface area (TPSA) is 65.1 Å². The van der Waals surface area contributed by atoms with E-state index < -0.39 is 0 Å². The lowest BCUT2D eigenvalue weighted by Gasteiger charge is -2.17. The molecular formula is C28H33NO5S. The number of hydrogen-bond acceptors (Lipinski definition) is 6. The van der Waals surface area contributed by atoms with E-state index in [1.807, 2.05) is 32.0 Å². The normalized spacial score (nSPS) is 14.7. The van der Waals surface area contributed by atoms with Crippen LogP contribution >= 0.6 is 11.8 Å². The summed E-state index contributed by atoms with van der Waals surface area (Å²) in [4.78, 5) is 27.2. The van der Waals surface area contributed by atoms with Gasteiger partial charge in [-0.2, -0.15) is 0 Å². The second-order valence-electron chi connectivity index (χ2n) is 8.52. The summed E-state index contributed by atoms with van der Waals surface area (Å²) < 4.78 is 17.3. The van der Waals surface area contributed by atoms with Crippen LogP contribution < -0.4 is 14.2 Å². The van der Waals surface area contributed by atoms with Crippen LogP contribution in [0.5, 0.6) is 17.2 Å². The van der Waals surface area contributed by atoms with Gasteiger partial charge in [-0.15, -0.1) is 6.58 Å². The van der Waals surface area contributed by atoms with E-state index in [0.717, 1.165) is 39.8 Å². The predicted octanol–water partition coefficient (Wildman–Crippen LogP) is 6.37. The molecule has 1 saturated heterocycles. The van der Waals surface area contributed by atoms with Crippen molar-refractivity contribution in [1.82, 2.24) is 4.90 Å². The number of ether oxygens (including phenoxy) is 3. The molecule has 0 saturated carbocycles. The van der Waals surface area contributed by atoms with Gasteiger partial charge in [0.25, 0.3) is 11.1 Å². The maximum Gasteiger partial charge on any atom is 0.293 e. The largest absolute Gasteiger partial charge is 0.493 e. The number of nitrogens with zero attached hydrogens (tertiary/aromatic N) is 1. The molecule has 0 aliphatic carbocycles. The average Bonchev–Trinajstić information content (AvgIpc) is 3.06. The van der Waals surface area contributed by atoms with E-state index in [1.165, 1.54) is 4.90 Å². The smallest absolute Gasteiger partial charge is 0.293 e. The van der Waals surface area contributed by atoms with Crippen LogP contribution in [0.15, 0.2) is 47.9 Å². The molecule has 3 rings (SSSR count). The van der Waals surface area contributed by atoms with Crippen molar-refractivity contribution in [3.8, 4) is 17.2 Å². The van der Waals surface area contributed by atoms with E-state index in [2.05, 4.69) is 32.6 Å². The minimum Gasteiger partial charge on any atom is -0.493 e. The van der Waals surface area contributed by atoms with Gasteiger partial charge in [0.2, 0.25) is 0 Å². The number of amides is 2. The Morgan fingerprint density at radius 1 is 1.11 bits per heavy atom. The third-order valence-corrected chi connectivity index (χ3v) is 6.46. The van der Waals surface area contributed by atoms with E-state index in [4.69, 9.17) is 14.2 Å². The number of imide groups is 1. The number of aryl methyl sites for hydroxylation is 1. The van der Waals surface area contributed by atoms with Crippen molar-refractivity contribution < 1.29 is 23.8 Å². The molecule has 0 radical (unpaired) electrons. The van der Waals surface area contributed by atoms with Gasteiger partial charge < -0.3 is 14.2 Å². The zero-order valence-corrected chi connectivity index (χ0v) is 21.9. The quantitative estimate of drug-likeness (QED) is 0.267. The molecule has 7 heteroatoms. The van der Waals surface area contributed by atoms with Crippen LogP contribution in [-0.4, -0.2) is 42.9 Å². The zero-order valence-electron chi connectivity index (χ0n) is 21.1. The van der Waals surface area contributed by atoms with E-state index in [0.29, 0.717) is 35.3 Å². The van der Waals surface area contributed by atoms with E-state index in [-0.39, 0.29) is 24.3 Å². The standard InChI is InChI=1S/C28H33NO5S/c1-7-9-21-15-20(16-24(33-8-2)26(21)32-6)17-25-27(30)29(28(31)35-25)12-13-34-23-14-19(5)10-11-22(23)18(3)4/h7,10-11,14-18H,1,8-9,12-13H2,2-6H3/b25-17-. The van der Waals surface area contributed by atoms with Gasteiger partial charge in [-0.3, -0.25) is 14.5 Å². The van der Waals surface area contributed by atoms with Gasteiger partial charge in [0.1, 0.15) is 12.4 Å². The molecule has 0 spiro atoms. The highest BCUT2D eigenvalue weighted by atomic mass is 32.2. The summed E-state index contributed by atoms with van der Waals surface area (Å²) in [5, 5.41) is -0.303. The van der Waals surface area contributed by atoms with Gasteiger partial charge in [0.05, 0.1) is 25.2 Å². The van der Waals surface area contributed by atoms with Gasteiger partial charge >= 0.3 is 0 Å². The molecule has 0 atom stereocenters. The Morgan fingerprint density at radius 3 is 2.54 bits per heavy atom. The number of methoxy groups -OCH3 is 1. The molecule has 1 fully saturated rings. The van der Waals surface area contributed by atoms with Gasteiger partial charge in [0.15, 0.2) is 11.5 Å². The molecule has 6 nitrogen and oxygen atoms in total. The summed E-state index contributed by atoms with van der Waals surface area (Å²) in [7, 11) is 1.60. The summed E-state index contributed by atoms with van der Waals surface area (Å²) in [6.07, 6.45) is 4.09. The number of allylic oxidation sites excluding steroid dienone is 1. The van der Waals surface area contributed by atoms with E-state index >= 15 is 0 Å². The van der Waals surface area contributed by atoms with Crippen LogP contribution in [0.3, 0.4) is 0 Å². The Kier molecular flexibility index (Phi) is 9.04. The highest BCUT2D eigenvalue weighted by Gasteiger charge is 2.35. The van der Waals surface area contributed by atoms with Crippen molar-refractivity contribution in [2.75, 3.05) is 26.9 Å². The van der Waals surface area contributed by atoms with Crippen LogP contribution in [-0.2, 0) is 11.2 Å². The Morgan fingerprint density at radius 2 is 1.89 bits per heavy atom. The second-order valence-corrected chi connectivity index (χ2v) is 9.51. The maximum atomic E-state index is 13.0. The van der Waals surface area contributed by atoms with Gasteiger partial charge in [-0.05, 0) is 78.9 Å². The van der Waals surface area contributed by atoms with Gasteiger partial charge in [0, 0.05) is 5.56 Å². The van der Waals surface area contributed by atoms with E-state index in [1.54, 1.807) is 19.3 Å². The SMILES string of the molecule is C=CCc1cc(/C=C2\SC(=O)N(CCOc3cc(C)ccc3C(C)C)C2=O)cc(OCC)c1OC. The Labute approximate surface area is 211 Å². The van der Waals surface area contributed by atoms with Crippen LogP contribution in [0.1, 0.15) is 48.9 Å². The lowest BCUT2D eigenvalue weighted by Crippen LogP contribution is -2.32. The molecule has 2 amide bonds. The number of rotatable bonds is 11. The molecule has 0 bridgehead atoms. The third-order valence-electron chi connectivity index (χ3n) is 5.56. The first-order valence-electron chi connectivity index (χ1n) is 11.7. The molecule has 1 aliphatic rings. The van der Waals surface area contributed by atoms with E-state index in [9.17, 15) is 9.59 Å². The number of hydrogen-bond donors (Lipinski definition) is 0. The van der Waals surface area contributed by atoms with Crippen molar-refractivity contribution in [1.29, 1.82) is 0 Å². The first kappa shape index (κ1) is 26.4. The lowest BCUT2D eigenvalue weighted by atomic mass is 10.0. The number of thioether (sulfide) groups is 1.